The third-order valence-electron chi connectivity index (χ3n) is 3.89. The van der Waals surface area contributed by atoms with Gasteiger partial charge in [-0.3, -0.25) is 4.79 Å². The average molecular weight is 362 g/mol. The van der Waals surface area contributed by atoms with E-state index in [1.807, 2.05) is 6.92 Å². The maximum atomic E-state index is 13.5. The summed E-state index contributed by atoms with van der Waals surface area (Å²) in [6.07, 6.45) is -1.84. The molecule has 0 saturated carbocycles. The maximum Gasteiger partial charge on any atom is 0.433 e. The molecule has 1 amide bonds. The molecule has 136 valence electrons. The Balaban J connectivity index is 2.13. The number of hydrogen-bond donors (Lipinski definition) is 1. The second-order valence-corrected chi connectivity index (χ2v) is 5.79. The summed E-state index contributed by atoms with van der Waals surface area (Å²) in [4.78, 5) is 16.6. The third-order valence-corrected chi connectivity index (χ3v) is 3.89. The fourth-order valence-electron chi connectivity index (χ4n) is 2.56. The normalized spacial score (nSPS) is 11.7. The van der Waals surface area contributed by atoms with Gasteiger partial charge < -0.3 is 5.32 Å². The smallest absolute Gasteiger partial charge is 0.352 e. The lowest BCUT2D eigenvalue weighted by atomic mass is 10.1. The number of unbranched alkanes of at least 4 members (excludes halogenated alkanes) is 1. The second kappa shape index (κ2) is 7.15. The van der Waals surface area contributed by atoms with E-state index in [9.17, 15) is 18.0 Å². The first kappa shape index (κ1) is 17.9. The highest BCUT2D eigenvalue weighted by Crippen LogP contribution is 2.32. The van der Waals surface area contributed by atoms with Gasteiger partial charge >= 0.3 is 6.18 Å². The van der Waals surface area contributed by atoms with Crippen molar-refractivity contribution in [2.45, 2.75) is 25.9 Å². The second-order valence-electron chi connectivity index (χ2n) is 5.79. The van der Waals surface area contributed by atoms with Crippen molar-refractivity contribution < 1.29 is 18.0 Å². The molecular formula is C18H17F3N4O. The lowest BCUT2D eigenvalue weighted by molar-refractivity contribution is -0.142. The zero-order valence-electron chi connectivity index (χ0n) is 14.0. The molecule has 3 aromatic rings. The van der Waals surface area contributed by atoms with Crippen molar-refractivity contribution in [3.05, 3.63) is 53.9 Å². The molecule has 0 spiro atoms. The van der Waals surface area contributed by atoms with Crippen LogP contribution in [-0.4, -0.2) is 27.0 Å². The molecule has 2 aromatic heterocycles. The van der Waals surface area contributed by atoms with Crippen LogP contribution in [0.1, 0.15) is 35.8 Å². The van der Waals surface area contributed by atoms with Crippen molar-refractivity contribution in [2.75, 3.05) is 6.54 Å². The van der Waals surface area contributed by atoms with Crippen LogP contribution in [0.15, 0.2) is 42.6 Å². The van der Waals surface area contributed by atoms with Crippen molar-refractivity contribution in [3.8, 4) is 11.3 Å². The molecule has 0 atom stereocenters. The third kappa shape index (κ3) is 3.54. The van der Waals surface area contributed by atoms with E-state index in [1.165, 1.54) is 0 Å². The van der Waals surface area contributed by atoms with Crippen LogP contribution in [0.5, 0.6) is 0 Å². The Bertz CT molecular complexity index is 919. The molecule has 26 heavy (non-hydrogen) atoms. The number of nitrogens with one attached hydrogen (secondary N) is 1. The summed E-state index contributed by atoms with van der Waals surface area (Å²) in [5, 5.41) is 6.42. The molecule has 8 heteroatoms. The number of alkyl halides is 3. The fourth-order valence-corrected chi connectivity index (χ4v) is 2.56. The lowest BCUT2D eigenvalue weighted by Crippen LogP contribution is -2.24. The van der Waals surface area contributed by atoms with Crippen LogP contribution in [-0.2, 0) is 6.18 Å². The van der Waals surface area contributed by atoms with Crippen molar-refractivity contribution in [2.24, 2.45) is 0 Å². The van der Waals surface area contributed by atoms with E-state index in [0.29, 0.717) is 16.6 Å². The van der Waals surface area contributed by atoms with Gasteiger partial charge in [0, 0.05) is 12.1 Å². The van der Waals surface area contributed by atoms with Gasteiger partial charge in [0.2, 0.25) is 0 Å². The highest BCUT2D eigenvalue weighted by atomic mass is 19.4. The molecule has 1 aromatic carbocycles. The monoisotopic (exact) mass is 362 g/mol. The number of carbonyl (C=O) groups excluding carboxylic acids is 1. The van der Waals surface area contributed by atoms with Crippen LogP contribution in [0.3, 0.4) is 0 Å². The Labute approximate surface area is 147 Å². The van der Waals surface area contributed by atoms with Crippen LogP contribution in [0, 0.1) is 0 Å². The van der Waals surface area contributed by atoms with Crippen LogP contribution in [0.4, 0.5) is 13.2 Å². The van der Waals surface area contributed by atoms with E-state index in [2.05, 4.69) is 15.4 Å². The summed E-state index contributed by atoms with van der Waals surface area (Å²) in [6, 6.07) is 9.45. The largest absolute Gasteiger partial charge is 0.433 e. The van der Waals surface area contributed by atoms with Crippen LogP contribution < -0.4 is 5.32 Å². The molecule has 5 nitrogen and oxygen atoms in total. The average Bonchev–Trinajstić information content (AvgIpc) is 3.05. The Morgan fingerprint density at radius 2 is 1.96 bits per heavy atom. The van der Waals surface area contributed by atoms with E-state index >= 15 is 0 Å². The summed E-state index contributed by atoms with van der Waals surface area (Å²) in [5.41, 5.74) is -0.418. The number of halogens is 3. The molecule has 2 heterocycles. The van der Waals surface area contributed by atoms with Gasteiger partial charge in [0.05, 0.1) is 11.9 Å². The first-order chi connectivity index (χ1) is 12.4. The number of fused-ring (bicyclic) bond motifs is 1. The lowest BCUT2D eigenvalue weighted by Gasteiger charge is -2.11. The van der Waals surface area contributed by atoms with Gasteiger partial charge in [-0.05, 0) is 12.5 Å². The van der Waals surface area contributed by atoms with Crippen LogP contribution in [0.25, 0.3) is 16.9 Å². The summed E-state index contributed by atoms with van der Waals surface area (Å²) in [7, 11) is 0. The van der Waals surface area contributed by atoms with E-state index < -0.39 is 17.8 Å². The van der Waals surface area contributed by atoms with Crippen LogP contribution in [0.2, 0.25) is 0 Å². The van der Waals surface area contributed by atoms with Crippen molar-refractivity contribution in [3.63, 3.8) is 0 Å². The molecule has 0 aliphatic carbocycles. The molecule has 0 saturated heterocycles. The minimum atomic E-state index is -4.63. The summed E-state index contributed by atoms with van der Waals surface area (Å²) < 4.78 is 41.1. The molecule has 0 unspecified atom stereocenters. The molecular weight excluding hydrogens is 345 g/mol. The quantitative estimate of drug-likeness (QED) is 0.700. The van der Waals surface area contributed by atoms with Gasteiger partial charge in [-0.2, -0.15) is 18.3 Å². The molecule has 0 aliphatic rings. The zero-order valence-corrected chi connectivity index (χ0v) is 14.0. The van der Waals surface area contributed by atoms with Gasteiger partial charge in [0.15, 0.2) is 11.3 Å². The molecule has 0 bridgehead atoms. The number of benzene rings is 1. The molecule has 0 aliphatic heterocycles. The highest BCUT2D eigenvalue weighted by molar-refractivity contribution is 5.99. The first-order valence-electron chi connectivity index (χ1n) is 8.21. The van der Waals surface area contributed by atoms with E-state index in [-0.39, 0.29) is 16.9 Å². The summed E-state index contributed by atoms with van der Waals surface area (Å²) in [5.74, 6) is -0.487. The number of aromatic nitrogens is 3. The predicted octanol–water partition coefficient (Wildman–Crippen LogP) is 3.95. The van der Waals surface area contributed by atoms with Gasteiger partial charge in [-0.1, -0.05) is 43.7 Å². The first-order valence-corrected chi connectivity index (χ1v) is 8.21. The number of nitrogens with zero attached hydrogens (tertiary/aromatic N) is 3. The standard InChI is InChI=1S/C18H17F3N4O/c1-2-3-9-22-17(26)13-11-23-25-15(18(19,20)21)10-14(24-16(13)25)12-7-5-4-6-8-12/h4-8,10-11H,2-3,9H2,1H3,(H,22,26). The number of hydrogen-bond acceptors (Lipinski definition) is 3. The Morgan fingerprint density at radius 1 is 1.23 bits per heavy atom. The Morgan fingerprint density at radius 3 is 2.62 bits per heavy atom. The van der Waals surface area contributed by atoms with Crippen LogP contribution >= 0.6 is 0 Å². The zero-order chi connectivity index (χ0) is 18.7. The minimum Gasteiger partial charge on any atom is -0.352 e. The molecule has 1 N–H and O–H groups in total. The molecule has 0 radical (unpaired) electrons. The van der Waals surface area contributed by atoms with E-state index in [4.69, 9.17) is 0 Å². The SMILES string of the molecule is CCCCNC(=O)c1cnn2c(C(F)(F)F)cc(-c3ccccc3)nc12. The van der Waals surface area contributed by atoms with E-state index in [0.717, 1.165) is 25.1 Å². The summed E-state index contributed by atoms with van der Waals surface area (Å²) >= 11 is 0. The maximum absolute atomic E-state index is 13.5. The van der Waals surface area contributed by atoms with Gasteiger partial charge in [-0.25, -0.2) is 9.50 Å². The Hall–Kier alpha value is -2.90. The highest BCUT2D eigenvalue weighted by Gasteiger charge is 2.36. The number of amides is 1. The van der Waals surface area contributed by atoms with Crippen molar-refractivity contribution in [1.82, 2.24) is 19.9 Å². The molecule has 0 fully saturated rings. The van der Waals surface area contributed by atoms with Gasteiger partial charge in [0.1, 0.15) is 5.56 Å². The predicted molar refractivity (Wildman–Crippen MR) is 90.7 cm³/mol. The van der Waals surface area contributed by atoms with Crippen molar-refractivity contribution in [1.29, 1.82) is 0 Å². The minimum absolute atomic E-state index is 0.0179. The topological polar surface area (TPSA) is 59.3 Å². The number of rotatable bonds is 5. The summed E-state index contributed by atoms with van der Waals surface area (Å²) in [6.45, 7) is 2.42. The van der Waals surface area contributed by atoms with E-state index in [1.54, 1.807) is 30.3 Å². The Kier molecular flexibility index (Phi) is 4.92. The van der Waals surface area contributed by atoms with Gasteiger partial charge in [0.25, 0.3) is 5.91 Å². The number of carbonyl (C=O) groups is 1. The molecule has 3 rings (SSSR count). The van der Waals surface area contributed by atoms with Crippen molar-refractivity contribution >= 4 is 11.6 Å². The fraction of sp³-hybridized carbons (Fsp3) is 0.278. The van der Waals surface area contributed by atoms with Gasteiger partial charge in [-0.15, -0.1) is 0 Å².